The van der Waals surface area contributed by atoms with Gasteiger partial charge in [-0.15, -0.1) is 0 Å². The number of hydrogen-bond acceptors (Lipinski definition) is 2. The van der Waals surface area contributed by atoms with Crippen LogP contribution in [-0.2, 0) is 0 Å². The molecule has 3 aliphatic rings. The Kier molecular flexibility index (Phi) is 4.01. The van der Waals surface area contributed by atoms with Crippen LogP contribution in [0.1, 0.15) is 28.8 Å². The second-order valence-corrected chi connectivity index (χ2v) is 7.97. The number of nitrogens with zero attached hydrogens (tertiary/aromatic N) is 2. The molecule has 2 bridgehead atoms. The van der Waals surface area contributed by atoms with Crippen LogP contribution in [0.2, 0.25) is 0 Å². The average Bonchev–Trinajstić information content (AvgIpc) is 3.14. The van der Waals surface area contributed by atoms with Gasteiger partial charge >= 0.3 is 0 Å². The third-order valence-electron chi connectivity index (χ3n) is 6.29. The van der Waals surface area contributed by atoms with E-state index in [2.05, 4.69) is 64.0 Å². The Morgan fingerprint density at radius 1 is 1.07 bits per heavy atom. The maximum Gasteiger partial charge on any atom is 0.253 e. The van der Waals surface area contributed by atoms with E-state index in [0.29, 0.717) is 12.0 Å². The van der Waals surface area contributed by atoms with Crippen LogP contribution in [0.25, 0.3) is 16.8 Å². The maximum absolute atomic E-state index is 12.9. The number of aryl methyl sites for hydroxylation is 1. The van der Waals surface area contributed by atoms with Crippen molar-refractivity contribution < 1.29 is 4.79 Å². The standard InChI is InChI=1S/C23H25N3O/c1-16-5-2-3-7-20(16)22-8-4-6-19-13-18(14-26(19)22)23(27)24-21-15-25-11-9-17(21)10-12-25/h2-8,13-14,17,21H,9-12,15H2,1H3,(H,24,27)/t21-/m0/s1. The predicted molar refractivity (Wildman–Crippen MR) is 108 cm³/mol. The molecule has 1 atom stereocenters. The first-order valence-corrected chi connectivity index (χ1v) is 9.89. The first-order valence-electron chi connectivity index (χ1n) is 9.89. The van der Waals surface area contributed by atoms with Gasteiger partial charge in [0.25, 0.3) is 5.91 Å². The van der Waals surface area contributed by atoms with E-state index in [-0.39, 0.29) is 5.91 Å². The van der Waals surface area contributed by atoms with E-state index in [0.717, 1.165) is 23.3 Å². The maximum atomic E-state index is 12.9. The van der Waals surface area contributed by atoms with Gasteiger partial charge in [-0.3, -0.25) is 4.79 Å². The highest BCUT2D eigenvalue weighted by atomic mass is 16.1. The minimum absolute atomic E-state index is 0.0492. The second kappa shape index (κ2) is 6.54. The molecule has 0 aliphatic carbocycles. The van der Waals surface area contributed by atoms with Crippen molar-refractivity contribution in [1.82, 2.24) is 14.6 Å². The molecule has 4 heteroatoms. The van der Waals surface area contributed by atoms with Crippen LogP contribution < -0.4 is 5.32 Å². The Hall–Kier alpha value is -2.59. The van der Waals surface area contributed by atoms with Gasteiger partial charge < -0.3 is 14.6 Å². The molecular formula is C23H25N3O. The number of piperidine rings is 3. The summed E-state index contributed by atoms with van der Waals surface area (Å²) in [5, 5.41) is 3.30. The number of pyridine rings is 1. The van der Waals surface area contributed by atoms with Gasteiger partial charge in [0.05, 0.1) is 11.3 Å². The largest absolute Gasteiger partial charge is 0.348 e. The zero-order valence-electron chi connectivity index (χ0n) is 15.7. The summed E-state index contributed by atoms with van der Waals surface area (Å²) in [7, 11) is 0. The van der Waals surface area contributed by atoms with E-state index in [1.165, 1.54) is 37.1 Å². The molecule has 1 N–H and O–H groups in total. The molecule has 3 saturated heterocycles. The van der Waals surface area contributed by atoms with Crippen LogP contribution in [0.4, 0.5) is 0 Å². The van der Waals surface area contributed by atoms with Crippen molar-refractivity contribution in [3.05, 3.63) is 65.9 Å². The van der Waals surface area contributed by atoms with Crippen molar-refractivity contribution >= 4 is 11.4 Å². The number of amides is 1. The first kappa shape index (κ1) is 16.6. The molecule has 0 saturated carbocycles. The molecule has 138 valence electrons. The highest BCUT2D eigenvalue weighted by Gasteiger charge is 2.35. The number of aromatic nitrogens is 1. The molecule has 3 aliphatic heterocycles. The number of carbonyl (C=O) groups excluding carboxylic acids is 1. The fourth-order valence-electron chi connectivity index (χ4n) is 4.72. The topological polar surface area (TPSA) is 36.8 Å². The van der Waals surface area contributed by atoms with Crippen molar-refractivity contribution in [2.75, 3.05) is 19.6 Å². The zero-order chi connectivity index (χ0) is 18.4. The fraction of sp³-hybridized carbons (Fsp3) is 0.348. The molecule has 2 aromatic heterocycles. The number of nitrogens with one attached hydrogen (secondary N) is 1. The summed E-state index contributed by atoms with van der Waals surface area (Å²) in [5.74, 6) is 0.687. The molecule has 0 spiro atoms. The summed E-state index contributed by atoms with van der Waals surface area (Å²) >= 11 is 0. The van der Waals surface area contributed by atoms with Crippen molar-refractivity contribution in [3.8, 4) is 11.3 Å². The smallest absolute Gasteiger partial charge is 0.253 e. The molecule has 27 heavy (non-hydrogen) atoms. The summed E-state index contributed by atoms with van der Waals surface area (Å²) in [6.07, 6.45) is 4.40. The van der Waals surface area contributed by atoms with Crippen LogP contribution in [0.15, 0.2) is 54.7 Å². The third kappa shape index (κ3) is 2.94. The molecule has 6 rings (SSSR count). The predicted octanol–water partition coefficient (Wildman–Crippen LogP) is 3.74. The first-order chi connectivity index (χ1) is 13.2. The van der Waals surface area contributed by atoms with Gasteiger partial charge in [0.1, 0.15) is 0 Å². The van der Waals surface area contributed by atoms with E-state index in [1.807, 2.05) is 12.3 Å². The zero-order valence-corrected chi connectivity index (χ0v) is 15.7. The Balaban J connectivity index is 1.46. The third-order valence-corrected chi connectivity index (χ3v) is 6.29. The van der Waals surface area contributed by atoms with Crippen molar-refractivity contribution in [2.45, 2.75) is 25.8 Å². The van der Waals surface area contributed by atoms with Crippen LogP contribution in [0.5, 0.6) is 0 Å². The number of rotatable bonds is 3. The minimum Gasteiger partial charge on any atom is -0.348 e. The van der Waals surface area contributed by atoms with Gasteiger partial charge in [-0.2, -0.15) is 0 Å². The number of fused-ring (bicyclic) bond motifs is 4. The Morgan fingerprint density at radius 3 is 2.63 bits per heavy atom. The summed E-state index contributed by atoms with van der Waals surface area (Å²) in [5.41, 5.74) is 5.34. The summed E-state index contributed by atoms with van der Waals surface area (Å²) in [6.45, 7) is 5.50. The van der Waals surface area contributed by atoms with Gasteiger partial charge in [0, 0.05) is 29.9 Å². The monoisotopic (exact) mass is 359 g/mol. The van der Waals surface area contributed by atoms with Crippen molar-refractivity contribution in [3.63, 3.8) is 0 Å². The van der Waals surface area contributed by atoms with Crippen LogP contribution in [0.3, 0.4) is 0 Å². The molecule has 1 amide bonds. The normalized spacial score (nSPS) is 24.3. The Bertz CT molecular complexity index is 998. The quantitative estimate of drug-likeness (QED) is 0.773. The van der Waals surface area contributed by atoms with Crippen LogP contribution in [0, 0.1) is 12.8 Å². The van der Waals surface area contributed by atoms with E-state index in [1.54, 1.807) is 0 Å². The molecule has 1 aromatic carbocycles. The number of hydrogen-bond donors (Lipinski definition) is 1. The van der Waals surface area contributed by atoms with Gasteiger partial charge in [0.15, 0.2) is 0 Å². The summed E-state index contributed by atoms with van der Waals surface area (Å²) in [6, 6.07) is 16.9. The summed E-state index contributed by atoms with van der Waals surface area (Å²) in [4.78, 5) is 15.4. The number of carbonyl (C=O) groups is 1. The van der Waals surface area contributed by atoms with Crippen molar-refractivity contribution in [2.24, 2.45) is 5.92 Å². The van der Waals surface area contributed by atoms with E-state index in [9.17, 15) is 4.79 Å². The summed E-state index contributed by atoms with van der Waals surface area (Å²) < 4.78 is 2.13. The van der Waals surface area contributed by atoms with E-state index >= 15 is 0 Å². The Labute approximate surface area is 159 Å². The lowest BCUT2D eigenvalue weighted by atomic mass is 9.84. The van der Waals surface area contributed by atoms with Crippen LogP contribution in [-0.4, -0.2) is 40.9 Å². The number of benzene rings is 1. The highest BCUT2D eigenvalue weighted by molar-refractivity contribution is 5.96. The lowest BCUT2D eigenvalue weighted by Crippen LogP contribution is -2.57. The average molecular weight is 359 g/mol. The molecule has 5 heterocycles. The van der Waals surface area contributed by atoms with Gasteiger partial charge in [-0.05, 0) is 62.5 Å². The highest BCUT2D eigenvalue weighted by Crippen LogP contribution is 2.28. The Morgan fingerprint density at radius 2 is 1.89 bits per heavy atom. The van der Waals surface area contributed by atoms with Crippen LogP contribution >= 0.6 is 0 Å². The SMILES string of the molecule is Cc1ccccc1-c1cccc2cc(C(=O)N[C@H]3CN4CCC3CC4)cn12. The lowest BCUT2D eigenvalue weighted by molar-refractivity contribution is 0.0620. The minimum atomic E-state index is 0.0492. The van der Waals surface area contributed by atoms with Gasteiger partial charge in [-0.25, -0.2) is 0 Å². The van der Waals surface area contributed by atoms with E-state index < -0.39 is 0 Å². The van der Waals surface area contributed by atoms with E-state index in [4.69, 9.17) is 0 Å². The second-order valence-electron chi connectivity index (χ2n) is 7.97. The molecule has 0 unspecified atom stereocenters. The molecule has 3 aromatic rings. The van der Waals surface area contributed by atoms with Crippen molar-refractivity contribution in [1.29, 1.82) is 0 Å². The van der Waals surface area contributed by atoms with Gasteiger partial charge in [0.2, 0.25) is 0 Å². The molecular weight excluding hydrogens is 334 g/mol. The fourth-order valence-corrected chi connectivity index (χ4v) is 4.72. The molecule has 0 radical (unpaired) electrons. The molecule has 4 nitrogen and oxygen atoms in total. The lowest BCUT2D eigenvalue weighted by Gasteiger charge is -2.44. The van der Waals surface area contributed by atoms with Gasteiger partial charge in [-0.1, -0.05) is 30.3 Å². The molecule has 3 fully saturated rings.